The molecule has 0 spiro atoms. The highest BCUT2D eigenvalue weighted by Gasteiger charge is 2.23. The van der Waals surface area contributed by atoms with Crippen LogP contribution in [0.5, 0.6) is 5.75 Å². The van der Waals surface area contributed by atoms with Crippen LogP contribution in [0.1, 0.15) is 27.2 Å². The van der Waals surface area contributed by atoms with Crippen LogP contribution in [-0.2, 0) is 4.74 Å². The van der Waals surface area contributed by atoms with Crippen LogP contribution in [0, 0.1) is 0 Å². The van der Waals surface area contributed by atoms with Gasteiger partial charge < -0.3 is 20.1 Å². The van der Waals surface area contributed by atoms with E-state index in [1.165, 1.54) is 0 Å². The molecule has 1 aromatic carbocycles. The number of nitrogens with one attached hydrogen (secondary N) is 2. The summed E-state index contributed by atoms with van der Waals surface area (Å²) in [7, 11) is 0. The van der Waals surface area contributed by atoms with Crippen LogP contribution in [0.25, 0.3) is 0 Å². The Hall–Kier alpha value is -1.89. The number of carbonyl (C=O) groups excluding carboxylic acids is 1. The second-order valence-electron chi connectivity index (χ2n) is 4.45. The van der Waals surface area contributed by atoms with E-state index in [0.29, 0.717) is 19.6 Å². The fourth-order valence-electron chi connectivity index (χ4n) is 1.52. The van der Waals surface area contributed by atoms with Crippen molar-refractivity contribution in [3.05, 3.63) is 20.4 Å². The zero-order valence-electron chi connectivity index (χ0n) is 11.9. The fourth-order valence-corrected chi connectivity index (χ4v) is 1.52. The summed E-state index contributed by atoms with van der Waals surface area (Å²) in [6.07, 6.45) is 0.817. The third-order valence-electron chi connectivity index (χ3n) is 2.45. The molecule has 0 aliphatic rings. The number of anilines is 1. The summed E-state index contributed by atoms with van der Waals surface area (Å²) < 4.78 is 10.3. The van der Waals surface area contributed by atoms with Crippen LogP contribution in [0.3, 0.4) is 0 Å². The van der Waals surface area contributed by atoms with Crippen LogP contribution in [0.4, 0.5) is 10.5 Å². The molecule has 0 heterocycles. The van der Waals surface area contributed by atoms with Gasteiger partial charge in [-0.1, -0.05) is 0 Å². The predicted molar refractivity (Wildman–Crippen MR) is 75.2 cm³/mol. The van der Waals surface area contributed by atoms with Gasteiger partial charge >= 0.3 is 6.03 Å². The standard InChI is InChI=1S/C13H20N2O5/c1-4-19-12-9(10(16)11(12)17)15-13(18)14-6-5-7-20-8(2)3/h8H,4-7H2,1-3H3,(H2,14,15,18). The quantitative estimate of drug-likeness (QED) is 0.539. The Kier molecular flexibility index (Phi) is 6.17. The molecule has 0 aromatic heterocycles. The number of rotatable bonds is 8. The van der Waals surface area contributed by atoms with Crippen molar-refractivity contribution >= 4 is 11.7 Å². The van der Waals surface area contributed by atoms with Gasteiger partial charge in [0, 0.05) is 13.2 Å². The van der Waals surface area contributed by atoms with Crippen molar-refractivity contribution in [2.45, 2.75) is 33.3 Å². The van der Waals surface area contributed by atoms with Crippen molar-refractivity contribution < 1.29 is 14.3 Å². The molecule has 0 radical (unpaired) electrons. The van der Waals surface area contributed by atoms with Crippen molar-refractivity contribution in [2.75, 3.05) is 25.1 Å². The molecule has 0 aliphatic carbocycles. The maximum Gasteiger partial charge on any atom is 0.319 e. The van der Waals surface area contributed by atoms with Gasteiger partial charge in [0.2, 0.25) is 0 Å². The molecule has 20 heavy (non-hydrogen) atoms. The first kappa shape index (κ1) is 16.2. The van der Waals surface area contributed by atoms with Gasteiger partial charge in [0.25, 0.3) is 10.9 Å². The van der Waals surface area contributed by atoms with E-state index in [0.717, 1.165) is 0 Å². The summed E-state index contributed by atoms with van der Waals surface area (Å²) in [5, 5.41) is 4.89. The third-order valence-corrected chi connectivity index (χ3v) is 2.45. The second-order valence-corrected chi connectivity index (χ2v) is 4.45. The Balaban J connectivity index is 2.34. The Morgan fingerprint density at radius 2 is 1.95 bits per heavy atom. The normalized spacial score (nSPS) is 10.8. The Morgan fingerprint density at radius 3 is 2.55 bits per heavy atom. The molecule has 0 aliphatic heterocycles. The Morgan fingerprint density at radius 1 is 1.25 bits per heavy atom. The van der Waals surface area contributed by atoms with Crippen LogP contribution in [0.2, 0.25) is 0 Å². The van der Waals surface area contributed by atoms with E-state index >= 15 is 0 Å². The average molecular weight is 284 g/mol. The number of carbonyl (C=O) groups is 1. The van der Waals surface area contributed by atoms with E-state index in [4.69, 9.17) is 9.47 Å². The van der Waals surface area contributed by atoms with Gasteiger partial charge in [-0.15, -0.1) is 0 Å². The molecule has 2 amide bonds. The first-order chi connectivity index (χ1) is 9.47. The van der Waals surface area contributed by atoms with Crippen LogP contribution in [-0.4, -0.2) is 31.9 Å². The highest BCUT2D eigenvalue weighted by Crippen LogP contribution is 2.16. The van der Waals surface area contributed by atoms with Gasteiger partial charge in [-0.2, -0.15) is 0 Å². The predicted octanol–water partition coefficient (Wildman–Crippen LogP) is 0.618. The molecule has 0 saturated carbocycles. The minimum atomic E-state index is -0.730. The maximum atomic E-state index is 11.5. The monoisotopic (exact) mass is 284 g/mol. The van der Waals surface area contributed by atoms with Crippen LogP contribution >= 0.6 is 0 Å². The van der Waals surface area contributed by atoms with E-state index < -0.39 is 16.9 Å². The first-order valence-corrected chi connectivity index (χ1v) is 6.59. The molecule has 112 valence electrons. The zero-order valence-corrected chi connectivity index (χ0v) is 11.9. The van der Waals surface area contributed by atoms with Crippen molar-refractivity contribution in [2.24, 2.45) is 0 Å². The van der Waals surface area contributed by atoms with Crippen LogP contribution in [0.15, 0.2) is 9.59 Å². The van der Waals surface area contributed by atoms with E-state index in [1.54, 1.807) is 6.92 Å². The lowest BCUT2D eigenvalue weighted by Crippen LogP contribution is -2.40. The smallest absolute Gasteiger partial charge is 0.319 e. The molecule has 0 saturated heterocycles. The van der Waals surface area contributed by atoms with Gasteiger partial charge in [-0.3, -0.25) is 9.59 Å². The van der Waals surface area contributed by atoms with Crippen molar-refractivity contribution in [1.82, 2.24) is 5.32 Å². The number of ether oxygens (including phenoxy) is 2. The van der Waals surface area contributed by atoms with Crippen LogP contribution < -0.4 is 26.2 Å². The molecule has 0 bridgehead atoms. The highest BCUT2D eigenvalue weighted by atomic mass is 16.5. The van der Waals surface area contributed by atoms with Gasteiger partial charge in [-0.05, 0) is 27.2 Å². The SMILES string of the molecule is CCOc1c(NC(=O)NCCCOC(C)C)c(=O)c1=O. The highest BCUT2D eigenvalue weighted by molar-refractivity contribution is 5.91. The molecular weight excluding hydrogens is 264 g/mol. The largest absolute Gasteiger partial charge is 0.488 e. The molecule has 7 nitrogen and oxygen atoms in total. The molecule has 0 atom stereocenters. The molecule has 0 unspecified atom stereocenters. The first-order valence-electron chi connectivity index (χ1n) is 6.59. The van der Waals surface area contributed by atoms with E-state index in [1.807, 2.05) is 13.8 Å². The fraction of sp³-hybridized carbons (Fsp3) is 0.615. The van der Waals surface area contributed by atoms with Gasteiger partial charge in [-0.25, -0.2) is 4.79 Å². The second kappa shape index (κ2) is 7.64. The molecule has 1 rings (SSSR count). The summed E-state index contributed by atoms with van der Waals surface area (Å²) in [6, 6.07) is -0.539. The third kappa shape index (κ3) is 4.34. The van der Waals surface area contributed by atoms with Gasteiger partial charge in [0.1, 0.15) is 5.69 Å². The Labute approximate surface area is 117 Å². The minimum Gasteiger partial charge on any atom is -0.488 e. The molecule has 0 fully saturated rings. The number of hydrogen-bond acceptors (Lipinski definition) is 5. The lowest BCUT2D eigenvalue weighted by molar-refractivity contribution is 0.0775. The summed E-state index contributed by atoms with van der Waals surface area (Å²) in [5.74, 6) is -0.0733. The van der Waals surface area contributed by atoms with Gasteiger partial charge in [0.15, 0.2) is 5.75 Å². The lowest BCUT2D eigenvalue weighted by atomic mass is 10.2. The molecule has 2 N–H and O–H groups in total. The molecule has 7 heteroatoms. The van der Waals surface area contributed by atoms with Crippen molar-refractivity contribution in [1.29, 1.82) is 0 Å². The summed E-state index contributed by atoms with van der Waals surface area (Å²) in [6.45, 7) is 6.77. The number of urea groups is 1. The minimum absolute atomic E-state index is 0.0733. The topological polar surface area (TPSA) is 93.7 Å². The lowest BCUT2D eigenvalue weighted by Gasteiger charge is -2.13. The van der Waals surface area contributed by atoms with Gasteiger partial charge in [0.05, 0.1) is 12.7 Å². The maximum absolute atomic E-state index is 11.5. The van der Waals surface area contributed by atoms with E-state index in [2.05, 4.69) is 10.6 Å². The van der Waals surface area contributed by atoms with E-state index in [-0.39, 0.29) is 24.1 Å². The summed E-state index contributed by atoms with van der Waals surface area (Å²) in [5.41, 5.74) is -1.51. The number of hydrogen-bond donors (Lipinski definition) is 2. The summed E-state index contributed by atoms with van der Waals surface area (Å²) in [4.78, 5) is 34.0. The average Bonchev–Trinajstić information content (AvgIpc) is 2.41. The zero-order chi connectivity index (χ0) is 15.1. The molecular formula is C13H20N2O5. The number of amides is 2. The van der Waals surface area contributed by atoms with Crippen molar-refractivity contribution in [3.8, 4) is 5.75 Å². The van der Waals surface area contributed by atoms with Crippen molar-refractivity contribution in [3.63, 3.8) is 0 Å². The summed E-state index contributed by atoms with van der Waals surface area (Å²) >= 11 is 0. The molecule has 1 aromatic rings. The Bertz CT molecular complexity index is 517. The van der Waals surface area contributed by atoms with E-state index in [9.17, 15) is 14.4 Å².